The Morgan fingerprint density at radius 3 is 2.70 bits per heavy atom. The molecule has 0 radical (unpaired) electrons. The van der Waals surface area contributed by atoms with E-state index in [0.29, 0.717) is 42.4 Å². The number of carbonyl (C=O) groups excluding carboxylic acids is 1. The topological polar surface area (TPSA) is 78.3 Å². The quantitative estimate of drug-likeness (QED) is 0.496. The van der Waals surface area contributed by atoms with E-state index in [1.54, 1.807) is 7.11 Å². The van der Waals surface area contributed by atoms with Crippen molar-refractivity contribution in [2.45, 2.75) is 43.8 Å². The minimum Gasteiger partial charge on any atom is -0.493 e. The normalized spacial score (nSPS) is 13.6. The number of nitrogens with zero attached hydrogens (tertiary/aromatic N) is 3. The van der Waals surface area contributed by atoms with Gasteiger partial charge in [0.05, 0.1) is 19.4 Å². The molecule has 0 unspecified atom stereocenters. The lowest BCUT2D eigenvalue weighted by molar-refractivity contribution is -0.118. The lowest BCUT2D eigenvalue weighted by Crippen LogP contribution is -2.29. The summed E-state index contributed by atoms with van der Waals surface area (Å²) in [5.74, 6) is 2.96. The van der Waals surface area contributed by atoms with Gasteiger partial charge in [-0.3, -0.25) is 4.79 Å². The van der Waals surface area contributed by atoms with Gasteiger partial charge in [-0.05, 0) is 25.0 Å². The number of carbonyl (C=O) groups is 1. The number of amides is 1. The molecule has 0 atom stereocenters. The van der Waals surface area contributed by atoms with Crippen LogP contribution in [0.4, 0.5) is 0 Å². The zero-order valence-corrected chi connectivity index (χ0v) is 16.8. The summed E-state index contributed by atoms with van der Waals surface area (Å²) in [6.07, 6.45) is 2.33. The molecule has 1 fully saturated rings. The summed E-state index contributed by atoms with van der Waals surface area (Å²) in [5, 5.41) is 12.3. The van der Waals surface area contributed by atoms with Crippen LogP contribution < -0.4 is 14.8 Å². The van der Waals surface area contributed by atoms with Crippen LogP contribution in [0, 0.1) is 0 Å². The molecular formula is C19H26N4O3S. The first kappa shape index (κ1) is 19.5. The molecule has 8 heteroatoms. The number of aromatic nitrogens is 3. The fraction of sp³-hybridized carbons (Fsp3) is 0.526. The van der Waals surface area contributed by atoms with Crippen LogP contribution in [0.1, 0.15) is 44.5 Å². The highest BCUT2D eigenvalue weighted by Gasteiger charge is 2.30. The summed E-state index contributed by atoms with van der Waals surface area (Å²) < 4.78 is 13.1. The van der Waals surface area contributed by atoms with E-state index in [1.165, 1.54) is 11.8 Å². The zero-order chi connectivity index (χ0) is 19.2. The van der Waals surface area contributed by atoms with Gasteiger partial charge in [-0.15, -0.1) is 10.2 Å². The molecule has 146 valence electrons. The van der Waals surface area contributed by atoms with Gasteiger partial charge in [0, 0.05) is 12.0 Å². The second kappa shape index (κ2) is 9.12. The predicted molar refractivity (Wildman–Crippen MR) is 105 cm³/mol. The summed E-state index contributed by atoms with van der Waals surface area (Å²) in [6.45, 7) is 5.05. The van der Waals surface area contributed by atoms with Gasteiger partial charge in [-0.2, -0.15) is 0 Å². The van der Waals surface area contributed by atoms with Crippen LogP contribution >= 0.6 is 11.8 Å². The number of thioether (sulfide) groups is 1. The maximum atomic E-state index is 12.1. The molecule has 2 aromatic rings. The molecule has 27 heavy (non-hydrogen) atoms. The van der Waals surface area contributed by atoms with Crippen molar-refractivity contribution < 1.29 is 14.3 Å². The maximum Gasteiger partial charge on any atom is 0.230 e. The van der Waals surface area contributed by atoms with Gasteiger partial charge >= 0.3 is 0 Å². The Morgan fingerprint density at radius 2 is 2.04 bits per heavy atom. The summed E-state index contributed by atoms with van der Waals surface area (Å²) in [6, 6.07) is 7.95. The van der Waals surface area contributed by atoms with Crippen LogP contribution in [0.15, 0.2) is 29.4 Å². The van der Waals surface area contributed by atoms with E-state index in [1.807, 2.05) is 24.3 Å². The molecule has 1 saturated carbocycles. The zero-order valence-electron chi connectivity index (χ0n) is 16.0. The fourth-order valence-electron chi connectivity index (χ4n) is 2.73. The molecule has 1 N–H and O–H groups in total. The third-order valence-corrected chi connectivity index (χ3v) is 5.15. The van der Waals surface area contributed by atoms with Crippen molar-refractivity contribution in [3.05, 3.63) is 30.1 Å². The first-order chi connectivity index (χ1) is 13.1. The van der Waals surface area contributed by atoms with Crippen molar-refractivity contribution in [1.29, 1.82) is 0 Å². The minimum absolute atomic E-state index is 0.0416. The van der Waals surface area contributed by atoms with Gasteiger partial charge in [0.1, 0.15) is 12.4 Å². The second-order valence-electron chi connectivity index (χ2n) is 6.73. The van der Waals surface area contributed by atoms with Gasteiger partial charge in [0.15, 0.2) is 16.7 Å². The summed E-state index contributed by atoms with van der Waals surface area (Å²) in [5.41, 5.74) is 0. The number of nitrogens with one attached hydrogen (secondary N) is 1. The Hall–Kier alpha value is -2.22. The van der Waals surface area contributed by atoms with Crippen LogP contribution in [-0.2, 0) is 4.79 Å². The van der Waals surface area contributed by atoms with E-state index in [4.69, 9.17) is 9.47 Å². The number of rotatable bonds is 10. The Balaban J connectivity index is 1.43. The second-order valence-corrected chi connectivity index (χ2v) is 7.68. The van der Waals surface area contributed by atoms with E-state index in [0.717, 1.165) is 23.8 Å². The smallest absolute Gasteiger partial charge is 0.230 e. The molecule has 1 heterocycles. The van der Waals surface area contributed by atoms with E-state index in [9.17, 15) is 4.79 Å². The molecule has 1 aromatic carbocycles. The molecule has 3 rings (SSSR count). The van der Waals surface area contributed by atoms with Crippen molar-refractivity contribution in [3.8, 4) is 11.5 Å². The fourth-order valence-corrected chi connectivity index (χ4v) is 3.57. The van der Waals surface area contributed by atoms with Gasteiger partial charge in [-0.1, -0.05) is 37.7 Å². The summed E-state index contributed by atoms with van der Waals surface area (Å²) in [4.78, 5) is 12.1. The monoisotopic (exact) mass is 390 g/mol. The molecule has 1 aliphatic carbocycles. The van der Waals surface area contributed by atoms with Gasteiger partial charge in [0.2, 0.25) is 5.91 Å². The Labute approximate surface area is 163 Å². The number of ether oxygens (including phenoxy) is 2. The van der Waals surface area contributed by atoms with E-state index < -0.39 is 0 Å². The Bertz CT molecular complexity index is 774. The molecule has 1 aliphatic rings. The van der Waals surface area contributed by atoms with Gasteiger partial charge in [0.25, 0.3) is 0 Å². The lowest BCUT2D eigenvalue weighted by atomic mass is 10.2. The van der Waals surface area contributed by atoms with E-state index in [-0.39, 0.29) is 5.91 Å². The summed E-state index contributed by atoms with van der Waals surface area (Å²) >= 11 is 1.44. The molecule has 0 saturated heterocycles. The molecular weight excluding hydrogens is 364 g/mol. The SMILES string of the molecule is COc1ccccc1OCCNC(=O)CSc1nnc(C(C)C)n1C1CC1. The van der Waals surface area contributed by atoms with E-state index >= 15 is 0 Å². The summed E-state index contributed by atoms with van der Waals surface area (Å²) in [7, 11) is 1.60. The van der Waals surface area contributed by atoms with Crippen LogP contribution in [0.2, 0.25) is 0 Å². The van der Waals surface area contributed by atoms with Crippen molar-refractivity contribution in [3.63, 3.8) is 0 Å². The average molecular weight is 391 g/mol. The van der Waals surface area contributed by atoms with Crippen molar-refractivity contribution >= 4 is 17.7 Å². The average Bonchev–Trinajstić information content (AvgIpc) is 3.42. The van der Waals surface area contributed by atoms with Gasteiger partial charge in [-0.25, -0.2) is 0 Å². The highest BCUT2D eigenvalue weighted by Crippen LogP contribution is 2.40. The number of benzene rings is 1. The molecule has 0 bridgehead atoms. The van der Waals surface area contributed by atoms with Gasteiger partial charge < -0.3 is 19.4 Å². The Kier molecular flexibility index (Phi) is 6.60. The maximum absolute atomic E-state index is 12.1. The Morgan fingerprint density at radius 1 is 1.30 bits per heavy atom. The van der Waals surface area contributed by atoms with Crippen LogP contribution in [0.5, 0.6) is 11.5 Å². The number of hydrogen-bond donors (Lipinski definition) is 1. The molecule has 1 aromatic heterocycles. The third-order valence-electron chi connectivity index (χ3n) is 4.20. The van der Waals surface area contributed by atoms with Crippen molar-refractivity contribution in [2.24, 2.45) is 0 Å². The van der Waals surface area contributed by atoms with Crippen molar-refractivity contribution in [1.82, 2.24) is 20.1 Å². The molecule has 0 spiro atoms. The number of para-hydroxylation sites is 2. The third kappa shape index (κ3) is 5.15. The first-order valence-corrected chi connectivity index (χ1v) is 10.2. The highest BCUT2D eigenvalue weighted by molar-refractivity contribution is 7.99. The van der Waals surface area contributed by atoms with Crippen LogP contribution in [0.3, 0.4) is 0 Å². The molecule has 0 aliphatic heterocycles. The number of hydrogen-bond acceptors (Lipinski definition) is 6. The highest BCUT2D eigenvalue weighted by atomic mass is 32.2. The van der Waals surface area contributed by atoms with Crippen LogP contribution in [0.25, 0.3) is 0 Å². The minimum atomic E-state index is -0.0416. The van der Waals surface area contributed by atoms with E-state index in [2.05, 4.69) is 33.9 Å². The lowest BCUT2D eigenvalue weighted by Gasteiger charge is -2.11. The van der Waals surface area contributed by atoms with Crippen molar-refractivity contribution in [2.75, 3.05) is 26.0 Å². The predicted octanol–water partition coefficient (Wildman–Crippen LogP) is 3.03. The first-order valence-electron chi connectivity index (χ1n) is 9.20. The van der Waals surface area contributed by atoms with Crippen LogP contribution in [-0.4, -0.2) is 46.7 Å². The standard InChI is InChI=1S/C19H26N4O3S/c1-13(2)18-21-22-19(23(18)14-8-9-14)27-12-17(24)20-10-11-26-16-7-5-4-6-15(16)25-3/h4-7,13-14H,8-12H2,1-3H3,(H,20,24). The molecule has 7 nitrogen and oxygen atoms in total. The number of methoxy groups -OCH3 is 1. The largest absolute Gasteiger partial charge is 0.493 e. The molecule has 1 amide bonds.